The van der Waals surface area contributed by atoms with Gasteiger partial charge in [0.05, 0.1) is 11.1 Å². The highest BCUT2D eigenvalue weighted by atomic mass is 16.6. The summed E-state index contributed by atoms with van der Waals surface area (Å²) < 4.78 is 5.21. The molecular weight excluding hydrogens is 432 g/mol. The van der Waals surface area contributed by atoms with Gasteiger partial charge in [0.1, 0.15) is 5.60 Å². The summed E-state index contributed by atoms with van der Waals surface area (Å²) in [7, 11) is 0. The molecule has 0 bridgehead atoms. The van der Waals surface area contributed by atoms with E-state index in [-0.39, 0.29) is 11.8 Å². The summed E-state index contributed by atoms with van der Waals surface area (Å²) in [6.07, 6.45) is 14.2. The second-order valence-electron chi connectivity index (χ2n) is 10.4. The van der Waals surface area contributed by atoms with Crippen molar-refractivity contribution in [3.05, 3.63) is 47.7 Å². The maximum Gasteiger partial charge on any atom is 0.407 e. The van der Waals surface area contributed by atoms with E-state index in [1.807, 2.05) is 58.1 Å². The topological polar surface area (TPSA) is 109 Å². The van der Waals surface area contributed by atoms with Gasteiger partial charge in [-0.25, -0.2) is 10.2 Å². The molecule has 0 radical (unpaired) electrons. The first-order valence-electron chi connectivity index (χ1n) is 11.9. The molecule has 184 valence electrons. The molecule has 3 N–H and O–H groups in total. The molecule has 3 amide bonds. The van der Waals surface area contributed by atoms with E-state index >= 15 is 0 Å². The summed E-state index contributed by atoms with van der Waals surface area (Å²) in [4.78, 5) is 36.9. The van der Waals surface area contributed by atoms with Crippen LogP contribution >= 0.6 is 0 Å². The van der Waals surface area contributed by atoms with Crippen LogP contribution in [0.25, 0.3) is 0 Å². The summed E-state index contributed by atoms with van der Waals surface area (Å²) in [6, 6.07) is 0. The Morgan fingerprint density at radius 2 is 1.76 bits per heavy atom. The van der Waals surface area contributed by atoms with Crippen molar-refractivity contribution in [2.75, 3.05) is 6.54 Å². The van der Waals surface area contributed by atoms with Crippen LogP contribution in [0.2, 0.25) is 0 Å². The number of alkyl carbamates (subject to hydrolysis) is 1. The van der Waals surface area contributed by atoms with Crippen LogP contribution < -0.4 is 16.1 Å². The molecule has 0 aromatic carbocycles. The van der Waals surface area contributed by atoms with Crippen molar-refractivity contribution in [2.24, 2.45) is 15.9 Å². The first kappa shape index (κ1) is 25.5. The van der Waals surface area contributed by atoms with Gasteiger partial charge in [0, 0.05) is 29.7 Å². The van der Waals surface area contributed by atoms with Crippen molar-refractivity contribution in [3.63, 3.8) is 0 Å². The monoisotopic (exact) mass is 468 g/mol. The minimum atomic E-state index is -0.560. The predicted molar refractivity (Wildman–Crippen MR) is 132 cm³/mol. The molecule has 0 aromatic rings. The largest absolute Gasteiger partial charge is 0.444 e. The van der Waals surface area contributed by atoms with Crippen LogP contribution in [0.1, 0.15) is 66.7 Å². The number of amides is 3. The van der Waals surface area contributed by atoms with E-state index in [1.54, 1.807) is 0 Å². The van der Waals surface area contributed by atoms with E-state index in [4.69, 9.17) is 4.74 Å². The second-order valence-corrected chi connectivity index (χ2v) is 10.4. The first-order chi connectivity index (χ1) is 16.0. The lowest BCUT2D eigenvalue weighted by Gasteiger charge is -2.46. The number of carbonyl (C=O) groups is 3. The Balaban J connectivity index is 1.59. The number of allylic oxidation sites excluding steroid dienone is 7. The summed E-state index contributed by atoms with van der Waals surface area (Å²) >= 11 is 0. The third-order valence-electron chi connectivity index (χ3n) is 6.37. The van der Waals surface area contributed by atoms with Gasteiger partial charge in [-0.2, -0.15) is 5.10 Å². The molecule has 2 aliphatic carbocycles. The lowest BCUT2D eigenvalue weighted by Crippen LogP contribution is -2.52. The molecule has 1 heterocycles. The van der Waals surface area contributed by atoms with E-state index in [2.05, 4.69) is 34.2 Å². The second kappa shape index (κ2) is 9.99. The normalized spacial score (nSPS) is 25.9. The highest BCUT2D eigenvalue weighted by molar-refractivity contribution is 6.11. The van der Waals surface area contributed by atoms with Gasteiger partial charge in [0.15, 0.2) is 0 Å². The highest BCUT2D eigenvalue weighted by Gasteiger charge is 2.50. The van der Waals surface area contributed by atoms with Gasteiger partial charge in [0.2, 0.25) is 5.91 Å². The first-order valence-corrected chi connectivity index (χ1v) is 11.9. The number of carbonyl (C=O) groups excluding carboxylic acids is 3. The minimum absolute atomic E-state index is 0.0880. The van der Waals surface area contributed by atoms with E-state index in [1.165, 1.54) is 0 Å². The van der Waals surface area contributed by atoms with Gasteiger partial charge >= 0.3 is 6.09 Å². The molecule has 1 aliphatic heterocycles. The Morgan fingerprint density at radius 1 is 1.09 bits per heavy atom. The van der Waals surface area contributed by atoms with Gasteiger partial charge in [-0.1, -0.05) is 30.4 Å². The average molecular weight is 469 g/mol. The smallest absolute Gasteiger partial charge is 0.407 e. The Kier molecular flexibility index (Phi) is 7.48. The SMILES string of the molecule is CC(C)(C)OC(=O)NCCCCC(=O)NC1=CC=CCC1(C)C1=NNC(=O)C2=CC=CCC21C. The molecule has 8 heteroatoms. The van der Waals surface area contributed by atoms with Crippen molar-refractivity contribution >= 4 is 23.6 Å². The van der Waals surface area contributed by atoms with E-state index in [0.717, 1.165) is 11.4 Å². The zero-order valence-electron chi connectivity index (χ0n) is 20.8. The molecule has 8 nitrogen and oxygen atoms in total. The number of hydrogen-bond acceptors (Lipinski definition) is 5. The molecule has 0 fully saturated rings. The summed E-state index contributed by atoms with van der Waals surface area (Å²) in [5.74, 6) is -0.268. The minimum Gasteiger partial charge on any atom is -0.444 e. The van der Waals surface area contributed by atoms with Gasteiger partial charge in [-0.15, -0.1) is 0 Å². The number of rotatable bonds is 7. The Bertz CT molecular complexity index is 999. The Morgan fingerprint density at radius 3 is 2.47 bits per heavy atom. The fourth-order valence-corrected chi connectivity index (χ4v) is 4.63. The molecule has 2 atom stereocenters. The highest BCUT2D eigenvalue weighted by Crippen LogP contribution is 2.48. The van der Waals surface area contributed by atoms with Gasteiger partial charge in [-0.05, 0) is 66.4 Å². The molecule has 0 spiro atoms. The number of nitrogens with zero attached hydrogens (tertiary/aromatic N) is 1. The average Bonchev–Trinajstić information content (AvgIpc) is 2.74. The predicted octanol–water partition coefficient (Wildman–Crippen LogP) is 4.03. The summed E-state index contributed by atoms with van der Waals surface area (Å²) in [6.45, 7) is 9.99. The molecule has 0 aromatic heterocycles. The van der Waals surface area contributed by atoms with E-state index < -0.39 is 22.5 Å². The number of fused-ring (bicyclic) bond motifs is 1. The molecule has 3 aliphatic rings. The number of hydrogen-bond donors (Lipinski definition) is 3. The van der Waals surface area contributed by atoms with Crippen LogP contribution in [0, 0.1) is 10.8 Å². The van der Waals surface area contributed by atoms with Crippen molar-refractivity contribution in [1.29, 1.82) is 0 Å². The zero-order chi connectivity index (χ0) is 25.0. The van der Waals surface area contributed by atoms with Crippen LogP contribution in [0.3, 0.4) is 0 Å². The standard InChI is InChI=1S/C26H36N4O4/c1-24(2,3)34-23(33)27-17-11-8-14-20(31)28-19-13-7-10-16-26(19,5)22-25(4)15-9-6-12-18(25)21(32)29-30-22/h6-7,9-10,12-13H,8,11,14-17H2,1-5H3,(H,27,33)(H,28,31)(H,29,32). The van der Waals surface area contributed by atoms with Crippen molar-refractivity contribution in [3.8, 4) is 0 Å². The number of ether oxygens (including phenoxy) is 1. The van der Waals surface area contributed by atoms with Crippen molar-refractivity contribution in [1.82, 2.24) is 16.1 Å². The van der Waals surface area contributed by atoms with Crippen LogP contribution in [0.15, 0.2) is 52.8 Å². The molecule has 34 heavy (non-hydrogen) atoms. The molecule has 0 saturated carbocycles. The van der Waals surface area contributed by atoms with Crippen molar-refractivity contribution < 1.29 is 19.1 Å². The fourth-order valence-electron chi connectivity index (χ4n) is 4.63. The number of nitrogens with one attached hydrogen (secondary N) is 3. The van der Waals surface area contributed by atoms with Gasteiger partial charge < -0.3 is 15.4 Å². The lowest BCUT2D eigenvalue weighted by atomic mass is 9.60. The maximum absolute atomic E-state index is 12.8. The molecule has 2 unspecified atom stereocenters. The van der Waals surface area contributed by atoms with Crippen molar-refractivity contribution in [2.45, 2.75) is 72.3 Å². The fraction of sp³-hybridized carbons (Fsp3) is 0.538. The Hall–Kier alpha value is -3.16. The van der Waals surface area contributed by atoms with E-state index in [9.17, 15) is 14.4 Å². The molecule has 0 saturated heterocycles. The van der Waals surface area contributed by atoms with Gasteiger partial charge in [0.25, 0.3) is 5.91 Å². The van der Waals surface area contributed by atoms with Crippen LogP contribution in [-0.2, 0) is 14.3 Å². The number of unbranched alkanes of at least 4 members (excludes halogenated alkanes) is 1. The zero-order valence-corrected chi connectivity index (χ0v) is 20.8. The lowest BCUT2D eigenvalue weighted by molar-refractivity contribution is -0.121. The number of hydrazone groups is 1. The van der Waals surface area contributed by atoms with E-state index in [0.29, 0.717) is 44.2 Å². The van der Waals surface area contributed by atoms with Gasteiger partial charge in [-0.3, -0.25) is 9.59 Å². The summed E-state index contributed by atoms with van der Waals surface area (Å²) in [5.41, 5.74) is 3.34. The quantitative estimate of drug-likeness (QED) is 0.490. The molecule has 3 rings (SSSR count). The van der Waals surface area contributed by atoms with Crippen LogP contribution in [0.4, 0.5) is 4.79 Å². The third kappa shape index (κ3) is 5.66. The third-order valence-corrected chi connectivity index (χ3v) is 6.37. The summed E-state index contributed by atoms with van der Waals surface area (Å²) in [5, 5.41) is 10.3. The maximum atomic E-state index is 12.8. The Labute approximate surface area is 201 Å². The molecular formula is C26H36N4O4. The van der Waals surface area contributed by atoms with Crippen LogP contribution in [0.5, 0.6) is 0 Å². The van der Waals surface area contributed by atoms with Crippen LogP contribution in [-0.4, -0.2) is 35.8 Å².